The van der Waals surface area contributed by atoms with Crippen molar-refractivity contribution in [2.75, 3.05) is 18.9 Å². The number of benzene rings is 3. The molecule has 4 nitrogen and oxygen atoms in total. The maximum Gasteiger partial charge on any atom is 0.230 e. The lowest BCUT2D eigenvalue weighted by molar-refractivity contribution is -0.133. The van der Waals surface area contributed by atoms with Crippen LogP contribution in [0.15, 0.2) is 66.7 Å². The van der Waals surface area contributed by atoms with Gasteiger partial charge in [0.1, 0.15) is 0 Å². The molecule has 1 unspecified atom stereocenters. The number of hydrogen-bond acceptors (Lipinski definition) is 2. The molecule has 1 N–H and O–H groups in total. The summed E-state index contributed by atoms with van der Waals surface area (Å²) in [4.78, 5) is 26.8. The molecule has 2 amide bonds. The van der Waals surface area contributed by atoms with Crippen molar-refractivity contribution in [2.45, 2.75) is 18.8 Å². The van der Waals surface area contributed by atoms with Crippen LogP contribution in [0.4, 0.5) is 5.69 Å². The first kappa shape index (κ1) is 17.3. The number of amides is 2. The highest BCUT2D eigenvalue weighted by molar-refractivity contribution is 6.01. The van der Waals surface area contributed by atoms with E-state index in [4.69, 9.17) is 0 Å². The van der Waals surface area contributed by atoms with Gasteiger partial charge in [0.15, 0.2) is 0 Å². The molecule has 0 saturated heterocycles. The van der Waals surface area contributed by atoms with E-state index in [0.717, 1.165) is 17.7 Å². The Hall–Kier alpha value is -3.14. The number of nitrogens with one attached hydrogen (secondary N) is 1. The van der Waals surface area contributed by atoms with Crippen molar-refractivity contribution in [3.8, 4) is 0 Å². The second-order valence-electron chi connectivity index (χ2n) is 7.04. The van der Waals surface area contributed by atoms with E-state index in [0.29, 0.717) is 6.54 Å². The molecule has 0 fully saturated rings. The second kappa shape index (κ2) is 7.23. The number of para-hydroxylation sites is 1. The van der Waals surface area contributed by atoms with Crippen molar-refractivity contribution in [1.29, 1.82) is 0 Å². The summed E-state index contributed by atoms with van der Waals surface area (Å²) in [5.74, 6) is -0.514. The van der Waals surface area contributed by atoms with E-state index in [2.05, 4.69) is 35.6 Å². The molecular weight excluding hydrogens is 336 g/mol. The number of carbonyl (C=O) groups is 2. The third-order valence-electron chi connectivity index (χ3n) is 5.27. The van der Waals surface area contributed by atoms with Gasteiger partial charge in [0.05, 0.1) is 5.92 Å². The first-order valence-corrected chi connectivity index (χ1v) is 9.24. The molecule has 1 aliphatic rings. The Kier molecular flexibility index (Phi) is 4.63. The fraction of sp³-hybridized carbons (Fsp3) is 0.217. The largest absolute Gasteiger partial charge is 0.345 e. The Balaban J connectivity index is 1.51. The van der Waals surface area contributed by atoms with E-state index >= 15 is 0 Å². The van der Waals surface area contributed by atoms with Crippen LogP contribution in [0, 0.1) is 0 Å². The van der Waals surface area contributed by atoms with Crippen molar-refractivity contribution in [3.05, 3.63) is 77.9 Å². The third-order valence-corrected chi connectivity index (χ3v) is 5.27. The molecule has 0 aliphatic carbocycles. The van der Waals surface area contributed by atoms with E-state index in [1.807, 2.05) is 43.4 Å². The Morgan fingerprint density at radius 2 is 1.78 bits per heavy atom. The average Bonchev–Trinajstić information content (AvgIpc) is 2.70. The molecule has 0 spiro atoms. The summed E-state index contributed by atoms with van der Waals surface area (Å²) >= 11 is 0. The zero-order valence-electron chi connectivity index (χ0n) is 15.3. The van der Waals surface area contributed by atoms with Crippen LogP contribution in [0.3, 0.4) is 0 Å². The first-order chi connectivity index (χ1) is 13.1. The predicted octanol–water partition coefficient (Wildman–Crippen LogP) is 3.97. The SMILES string of the molecule is CN(CCc1cccc2ccccc12)C(=O)C1CC(=O)Nc2ccccc21. The molecule has 0 bridgehead atoms. The number of nitrogens with zero attached hydrogens (tertiary/aromatic N) is 1. The van der Waals surface area contributed by atoms with Crippen LogP contribution in [0.2, 0.25) is 0 Å². The lowest BCUT2D eigenvalue weighted by Crippen LogP contribution is -2.37. The lowest BCUT2D eigenvalue weighted by atomic mass is 9.89. The van der Waals surface area contributed by atoms with E-state index in [-0.39, 0.29) is 18.2 Å². The molecule has 27 heavy (non-hydrogen) atoms. The Morgan fingerprint density at radius 3 is 2.67 bits per heavy atom. The number of carbonyl (C=O) groups excluding carboxylic acids is 2. The van der Waals surface area contributed by atoms with Gasteiger partial charge in [-0.05, 0) is 34.4 Å². The van der Waals surface area contributed by atoms with E-state index in [1.165, 1.54) is 16.3 Å². The van der Waals surface area contributed by atoms with Crippen LogP contribution in [0.5, 0.6) is 0 Å². The fourth-order valence-corrected chi connectivity index (χ4v) is 3.81. The molecule has 3 aromatic carbocycles. The van der Waals surface area contributed by atoms with Gasteiger partial charge in [-0.2, -0.15) is 0 Å². The third kappa shape index (κ3) is 3.43. The topological polar surface area (TPSA) is 49.4 Å². The Bertz CT molecular complexity index is 1010. The molecule has 4 heteroatoms. The van der Waals surface area contributed by atoms with Gasteiger partial charge in [-0.3, -0.25) is 9.59 Å². The molecule has 4 rings (SSSR count). The predicted molar refractivity (Wildman–Crippen MR) is 108 cm³/mol. The van der Waals surface area contributed by atoms with Crippen LogP contribution in [-0.2, 0) is 16.0 Å². The summed E-state index contributed by atoms with van der Waals surface area (Å²) in [6.45, 7) is 0.618. The molecule has 0 aromatic heterocycles. The monoisotopic (exact) mass is 358 g/mol. The minimum absolute atomic E-state index is 0.00228. The number of hydrogen-bond donors (Lipinski definition) is 1. The summed E-state index contributed by atoms with van der Waals surface area (Å²) in [5.41, 5.74) is 2.88. The van der Waals surface area contributed by atoms with Gasteiger partial charge in [-0.15, -0.1) is 0 Å². The zero-order valence-corrected chi connectivity index (χ0v) is 15.3. The van der Waals surface area contributed by atoms with Gasteiger partial charge in [0.25, 0.3) is 0 Å². The van der Waals surface area contributed by atoms with Crippen molar-refractivity contribution >= 4 is 28.3 Å². The van der Waals surface area contributed by atoms with Crippen LogP contribution in [0.1, 0.15) is 23.5 Å². The highest BCUT2D eigenvalue weighted by Gasteiger charge is 2.32. The minimum Gasteiger partial charge on any atom is -0.345 e. The quantitative estimate of drug-likeness (QED) is 0.767. The highest BCUT2D eigenvalue weighted by atomic mass is 16.2. The first-order valence-electron chi connectivity index (χ1n) is 9.24. The summed E-state index contributed by atoms with van der Waals surface area (Å²) in [5, 5.41) is 5.29. The lowest BCUT2D eigenvalue weighted by Gasteiger charge is -2.28. The van der Waals surface area contributed by atoms with Crippen LogP contribution in [-0.4, -0.2) is 30.3 Å². The number of anilines is 1. The summed E-state index contributed by atoms with van der Waals surface area (Å²) in [7, 11) is 1.82. The molecular formula is C23H22N2O2. The Morgan fingerprint density at radius 1 is 1.04 bits per heavy atom. The van der Waals surface area contributed by atoms with Crippen molar-refractivity contribution in [2.24, 2.45) is 0 Å². The molecule has 0 saturated carbocycles. The van der Waals surface area contributed by atoms with Gasteiger partial charge in [0.2, 0.25) is 11.8 Å². The molecule has 1 atom stereocenters. The molecule has 3 aromatic rings. The summed E-state index contributed by atoms with van der Waals surface area (Å²) in [6.07, 6.45) is 0.985. The van der Waals surface area contributed by atoms with Crippen molar-refractivity contribution in [1.82, 2.24) is 4.90 Å². The van der Waals surface area contributed by atoms with Crippen LogP contribution < -0.4 is 5.32 Å². The van der Waals surface area contributed by atoms with Crippen molar-refractivity contribution in [3.63, 3.8) is 0 Å². The van der Waals surface area contributed by atoms with Gasteiger partial charge in [-0.1, -0.05) is 60.7 Å². The zero-order chi connectivity index (χ0) is 18.8. The Labute approximate surface area is 158 Å². The smallest absolute Gasteiger partial charge is 0.230 e. The maximum absolute atomic E-state index is 13.0. The standard InChI is InChI=1S/C23H22N2O2/c1-25(14-13-17-9-6-8-16-7-2-3-10-18(16)17)23(27)20-15-22(26)24-21-12-5-4-11-19(20)21/h2-12,20H,13-15H2,1H3,(H,24,26). The van der Waals surface area contributed by atoms with Gasteiger partial charge >= 0.3 is 0 Å². The molecule has 0 radical (unpaired) electrons. The number of likely N-dealkylation sites (N-methyl/N-ethyl adjacent to an activating group) is 1. The van der Waals surface area contributed by atoms with E-state index in [9.17, 15) is 9.59 Å². The van der Waals surface area contributed by atoms with Crippen LogP contribution in [0.25, 0.3) is 10.8 Å². The van der Waals surface area contributed by atoms with E-state index in [1.54, 1.807) is 4.90 Å². The normalized spacial score (nSPS) is 15.9. The molecule has 1 aliphatic heterocycles. The van der Waals surface area contributed by atoms with Gasteiger partial charge in [-0.25, -0.2) is 0 Å². The summed E-state index contributed by atoms with van der Waals surface area (Å²) in [6, 6.07) is 22.1. The molecule has 136 valence electrons. The fourth-order valence-electron chi connectivity index (χ4n) is 3.81. The maximum atomic E-state index is 13.0. The minimum atomic E-state index is -0.410. The molecule has 1 heterocycles. The number of fused-ring (bicyclic) bond motifs is 2. The van der Waals surface area contributed by atoms with Crippen molar-refractivity contribution < 1.29 is 9.59 Å². The van der Waals surface area contributed by atoms with Crippen LogP contribution >= 0.6 is 0 Å². The highest BCUT2D eigenvalue weighted by Crippen LogP contribution is 2.33. The van der Waals surface area contributed by atoms with Gasteiger partial charge < -0.3 is 10.2 Å². The number of rotatable bonds is 4. The van der Waals surface area contributed by atoms with E-state index < -0.39 is 5.92 Å². The summed E-state index contributed by atoms with van der Waals surface area (Å²) < 4.78 is 0. The van der Waals surface area contributed by atoms with Gasteiger partial charge in [0, 0.05) is 25.7 Å². The second-order valence-corrected chi connectivity index (χ2v) is 7.04. The average molecular weight is 358 g/mol.